The predicted octanol–water partition coefficient (Wildman–Crippen LogP) is 2.83. The number of nitrogens with zero attached hydrogens (tertiary/aromatic N) is 1. The zero-order chi connectivity index (χ0) is 12.2. The number of hydrogen-bond acceptors (Lipinski definition) is 3. The van der Waals surface area contributed by atoms with Crippen LogP contribution in [0, 0.1) is 11.3 Å². The zero-order valence-corrected chi connectivity index (χ0v) is 10.9. The molecular formula is C11H9BrClNO2. The second-order valence-corrected chi connectivity index (χ2v) is 4.97. The van der Waals surface area contributed by atoms with Crippen LogP contribution in [0.1, 0.15) is 10.4 Å². The molecular weight excluding hydrogens is 293 g/mol. The average molecular weight is 303 g/mol. The molecule has 1 unspecified atom stereocenters. The monoisotopic (exact) mass is 301 g/mol. The van der Waals surface area contributed by atoms with E-state index in [2.05, 4.69) is 15.9 Å². The molecule has 0 amide bonds. The molecule has 0 radical (unpaired) electrons. The summed E-state index contributed by atoms with van der Waals surface area (Å²) < 4.78 is 3.51. The van der Waals surface area contributed by atoms with Gasteiger partial charge in [0.15, 0.2) is 10.1 Å². The maximum Gasteiger partial charge on any atom is 0.197 e. The highest BCUT2D eigenvalue weighted by Crippen LogP contribution is 2.24. The van der Waals surface area contributed by atoms with Gasteiger partial charge in [-0.25, -0.2) is 0 Å². The SMILES string of the molecule is COCC(Br)(C#N)C(=O)c1ccc(Cl)cc1. The van der Waals surface area contributed by atoms with Crippen molar-refractivity contribution in [1.82, 2.24) is 0 Å². The molecule has 16 heavy (non-hydrogen) atoms. The highest BCUT2D eigenvalue weighted by Gasteiger charge is 2.36. The summed E-state index contributed by atoms with van der Waals surface area (Å²) in [6, 6.07) is 8.26. The predicted molar refractivity (Wildman–Crippen MR) is 64.9 cm³/mol. The highest BCUT2D eigenvalue weighted by atomic mass is 79.9. The van der Waals surface area contributed by atoms with E-state index in [9.17, 15) is 4.79 Å². The smallest absolute Gasteiger partial charge is 0.197 e. The summed E-state index contributed by atoms with van der Waals surface area (Å²) in [5, 5.41) is 9.52. The standard InChI is InChI=1S/C11H9BrClNO2/c1-16-7-11(12,6-14)10(15)8-2-4-9(13)5-3-8/h2-5H,7H2,1H3. The maximum absolute atomic E-state index is 12.0. The van der Waals surface area contributed by atoms with E-state index in [1.807, 2.05) is 6.07 Å². The molecule has 5 heteroatoms. The maximum atomic E-state index is 12.0. The second kappa shape index (κ2) is 5.44. The molecule has 1 aromatic rings. The van der Waals surface area contributed by atoms with Crippen molar-refractivity contribution in [2.24, 2.45) is 0 Å². The number of ketones is 1. The van der Waals surface area contributed by atoms with Crippen LogP contribution >= 0.6 is 27.5 Å². The number of alkyl halides is 1. The topological polar surface area (TPSA) is 50.1 Å². The third-order valence-corrected chi connectivity index (χ3v) is 3.01. The van der Waals surface area contributed by atoms with Gasteiger partial charge >= 0.3 is 0 Å². The molecule has 3 nitrogen and oxygen atoms in total. The molecule has 1 rings (SSSR count). The Bertz CT molecular complexity index is 427. The van der Waals surface area contributed by atoms with E-state index in [0.29, 0.717) is 10.6 Å². The first-order chi connectivity index (χ1) is 7.53. The van der Waals surface area contributed by atoms with Crippen LogP contribution in [0.25, 0.3) is 0 Å². The highest BCUT2D eigenvalue weighted by molar-refractivity contribution is 9.10. The Morgan fingerprint density at radius 3 is 2.56 bits per heavy atom. The van der Waals surface area contributed by atoms with E-state index < -0.39 is 4.32 Å². The largest absolute Gasteiger partial charge is 0.382 e. The number of ether oxygens (including phenoxy) is 1. The molecule has 0 aliphatic rings. The molecule has 0 N–H and O–H groups in total. The Morgan fingerprint density at radius 2 is 2.12 bits per heavy atom. The number of hydrogen-bond donors (Lipinski definition) is 0. The zero-order valence-electron chi connectivity index (χ0n) is 8.54. The van der Waals surface area contributed by atoms with Crippen LogP contribution in [0.4, 0.5) is 0 Å². The fourth-order valence-corrected chi connectivity index (χ4v) is 1.76. The van der Waals surface area contributed by atoms with Crippen molar-refractivity contribution >= 4 is 33.3 Å². The van der Waals surface area contributed by atoms with E-state index >= 15 is 0 Å². The van der Waals surface area contributed by atoms with Crippen molar-refractivity contribution in [3.8, 4) is 6.07 Å². The molecule has 0 saturated heterocycles. The third-order valence-electron chi connectivity index (χ3n) is 1.99. The Morgan fingerprint density at radius 1 is 1.56 bits per heavy atom. The summed E-state index contributed by atoms with van der Waals surface area (Å²) in [4.78, 5) is 12.0. The lowest BCUT2D eigenvalue weighted by Gasteiger charge is -2.16. The lowest BCUT2D eigenvalue weighted by molar-refractivity contribution is 0.0906. The number of halogens is 2. The minimum atomic E-state index is -1.34. The van der Waals surface area contributed by atoms with Gasteiger partial charge < -0.3 is 4.74 Å². The molecule has 84 valence electrons. The van der Waals surface area contributed by atoms with Crippen molar-refractivity contribution in [3.05, 3.63) is 34.9 Å². The van der Waals surface area contributed by atoms with E-state index in [1.165, 1.54) is 7.11 Å². The fourth-order valence-electron chi connectivity index (χ4n) is 1.18. The van der Waals surface area contributed by atoms with E-state index in [4.69, 9.17) is 21.6 Å². The van der Waals surface area contributed by atoms with Gasteiger partial charge in [0, 0.05) is 17.7 Å². The number of methoxy groups -OCH3 is 1. The molecule has 0 aromatic heterocycles. The first-order valence-corrected chi connectivity index (χ1v) is 5.60. The van der Waals surface area contributed by atoms with Gasteiger partial charge in [-0.15, -0.1) is 0 Å². The van der Waals surface area contributed by atoms with Crippen molar-refractivity contribution in [3.63, 3.8) is 0 Å². The lowest BCUT2D eigenvalue weighted by Crippen LogP contribution is -2.35. The summed E-state index contributed by atoms with van der Waals surface area (Å²) >= 11 is 8.81. The van der Waals surface area contributed by atoms with Crippen molar-refractivity contribution in [1.29, 1.82) is 5.26 Å². The lowest BCUT2D eigenvalue weighted by atomic mass is 9.99. The number of benzene rings is 1. The van der Waals surface area contributed by atoms with E-state index in [0.717, 1.165) is 0 Å². The van der Waals surface area contributed by atoms with Crippen molar-refractivity contribution in [2.75, 3.05) is 13.7 Å². The number of rotatable bonds is 4. The van der Waals surface area contributed by atoms with Gasteiger partial charge in [0.05, 0.1) is 12.7 Å². The van der Waals surface area contributed by atoms with Gasteiger partial charge in [-0.3, -0.25) is 4.79 Å². The van der Waals surface area contributed by atoms with Crippen LogP contribution in [0.15, 0.2) is 24.3 Å². The van der Waals surface area contributed by atoms with Crippen LogP contribution in [-0.4, -0.2) is 23.8 Å². The van der Waals surface area contributed by atoms with Crippen molar-refractivity contribution < 1.29 is 9.53 Å². The summed E-state index contributed by atoms with van der Waals surface area (Å²) in [7, 11) is 1.43. The molecule has 1 aromatic carbocycles. The third kappa shape index (κ3) is 2.82. The summed E-state index contributed by atoms with van der Waals surface area (Å²) in [6.45, 7) is -0.00897. The Balaban J connectivity index is 3.01. The number of nitriles is 1. The Kier molecular flexibility index (Phi) is 4.48. The summed E-state index contributed by atoms with van der Waals surface area (Å²) in [6.07, 6.45) is 0. The van der Waals surface area contributed by atoms with Crippen LogP contribution in [0.5, 0.6) is 0 Å². The Labute approximate surface area is 107 Å². The van der Waals surface area contributed by atoms with Gasteiger partial charge in [-0.1, -0.05) is 27.5 Å². The summed E-state index contributed by atoms with van der Waals surface area (Å²) in [5.74, 6) is -0.339. The fraction of sp³-hybridized carbons (Fsp3) is 0.273. The van der Waals surface area contributed by atoms with Crippen LogP contribution in [-0.2, 0) is 4.74 Å². The first-order valence-electron chi connectivity index (χ1n) is 4.43. The molecule has 1 atom stereocenters. The van der Waals surface area contributed by atoms with E-state index in [-0.39, 0.29) is 12.4 Å². The minimum Gasteiger partial charge on any atom is -0.382 e. The second-order valence-electron chi connectivity index (χ2n) is 3.18. The molecule has 0 aliphatic heterocycles. The van der Waals surface area contributed by atoms with Gasteiger partial charge in [0.1, 0.15) is 0 Å². The van der Waals surface area contributed by atoms with Crippen molar-refractivity contribution in [2.45, 2.75) is 4.32 Å². The number of Topliss-reactive ketones (excluding diaryl/α,β-unsaturated/α-hetero) is 1. The first kappa shape index (κ1) is 13.2. The Hall–Kier alpha value is -0.890. The minimum absolute atomic E-state index is 0.00897. The van der Waals surface area contributed by atoms with Gasteiger partial charge in [-0.05, 0) is 24.3 Å². The van der Waals surface area contributed by atoms with E-state index in [1.54, 1.807) is 24.3 Å². The molecule has 0 aliphatic carbocycles. The molecule has 0 bridgehead atoms. The van der Waals surface area contributed by atoms with Crippen LogP contribution < -0.4 is 0 Å². The summed E-state index contributed by atoms with van der Waals surface area (Å²) in [5.41, 5.74) is 0.417. The number of carbonyl (C=O) groups is 1. The van der Waals surface area contributed by atoms with Gasteiger partial charge in [0.2, 0.25) is 0 Å². The molecule has 0 saturated carbocycles. The molecule has 0 heterocycles. The van der Waals surface area contributed by atoms with Gasteiger partial charge in [0.25, 0.3) is 0 Å². The van der Waals surface area contributed by atoms with Crippen LogP contribution in [0.2, 0.25) is 5.02 Å². The quantitative estimate of drug-likeness (QED) is 0.635. The average Bonchev–Trinajstić information content (AvgIpc) is 2.29. The van der Waals surface area contributed by atoms with Crippen LogP contribution in [0.3, 0.4) is 0 Å². The number of carbonyl (C=O) groups excluding carboxylic acids is 1. The van der Waals surface area contributed by atoms with Gasteiger partial charge in [-0.2, -0.15) is 5.26 Å². The molecule has 0 spiro atoms. The normalized spacial score (nSPS) is 13.9. The molecule has 0 fully saturated rings.